The number of benzene rings is 2. The Balaban J connectivity index is 1.95. The van der Waals surface area contributed by atoms with E-state index in [1.807, 2.05) is 31.2 Å². The molecule has 0 saturated carbocycles. The maximum atomic E-state index is 12.1. The molecule has 0 unspecified atom stereocenters. The van der Waals surface area contributed by atoms with Crippen LogP contribution in [0.15, 0.2) is 48.5 Å². The van der Waals surface area contributed by atoms with Gasteiger partial charge in [-0.25, -0.2) is 0 Å². The summed E-state index contributed by atoms with van der Waals surface area (Å²) < 4.78 is 5.40. The lowest BCUT2D eigenvalue weighted by Gasteiger charge is -2.21. The first-order chi connectivity index (χ1) is 12.0. The van der Waals surface area contributed by atoms with Gasteiger partial charge in [0.2, 0.25) is 11.8 Å². The molecule has 0 aliphatic rings. The molecular formula is C19H21ClN2O3. The van der Waals surface area contributed by atoms with Crippen LogP contribution in [-0.4, -0.2) is 25.0 Å². The minimum Gasteiger partial charge on any atom is -0.494 e. The SMILES string of the molecule is CCOc1ccc(N(CCC(=O)Nc2ccc(Cl)cc2)C(C)=O)cc1. The van der Waals surface area contributed by atoms with Crippen molar-refractivity contribution >= 4 is 34.8 Å². The quantitative estimate of drug-likeness (QED) is 0.808. The normalized spacial score (nSPS) is 10.2. The Kier molecular flexibility index (Phi) is 6.83. The first kappa shape index (κ1) is 18.8. The van der Waals surface area contributed by atoms with Crippen LogP contribution >= 0.6 is 11.6 Å². The predicted molar refractivity (Wildman–Crippen MR) is 100 cm³/mol. The summed E-state index contributed by atoms with van der Waals surface area (Å²) in [5, 5.41) is 3.39. The highest BCUT2D eigenvalue weighted by atomic mass is 35.5. The number of anilines is 2. The number of nitrogens with one attached hydrogen (secondary N) is 1. The molecule has 0 bridgehead atoms. The van der Waals surface area contributed by atoms with Gasteiger partial charge in [0.15, 0.2) is 0 Å². The smallest absolute Gasteiger partial charge is 0.226 e. The monoisotopic (exact) mass is 360 g/mol. The lowest BCUT2D eigenvalue weighted by molar-refractivity contribution is -0.117. The molecule has 0 aromatic heterocycles. The van der Waals surface area contributed by atoms with E-state index < -0.39 is 0 Å². The molecule has 2 rings (SSSR count). The average Bonchev–Trinajstić information content (AvgIpc) is 2.58. The Labute approximate surface area is 152 Å². The molecule has 2 aromatic rings. The van der Waals surface area contributed by atoms with E-state index in [0.717, 1.165) is 11.4 Å². The van der Waals surface area contributed by atoms with E-state index in [1.165, 1.54) is 6.92 Å². The minimum absolute atomic E-state index is 0.122. The van der Waals surface area contributed by atoms with Crippen LogP contribution in [-0.2, 0) is 9.59 Å². The van der Waals surface area contributed by atoms with Crippen molar-refractivity contribution in [3.8, 4) is 5.75 Å². The summed E-state index contributed by atoms with van der Waals surface area (Å²) in [6, 6.07) is 14.1. The van der Waals surface area contributed by atoms with Crippen LogP contribution in [0.4, 0.5) is 11.4 Å². The van der Waals surface area contributed by atoms with Crippen LogP contribution in [0.5, 0.6) is 5.75 Å². The topological polar surface area (TPSA) is 58.6 Å². The Morgan fingerprint density at radius 2 is 1.72 bits per heavy atom. The number of nitrogens with zero attached hydrogens (tertiary/aromatic N) is 1. The Bertz CT molecular complexity index is 714. The van der Waals surface area contributed by atoms with E-state index >= 15 is 0 Å². The molecule has 0 radical (unpaired) electrons. The number of hydrogen-bond acceptors (Lipinski definition) is 3. The van der Waals surface area contributed by atoms with Crippen molar-refractivity contribution in [3.05, 3.63) is 53.6 Å². The van der Waals surface area contributed by atoms with E-state index in [9.17, 15) is 9.59 Å². The van der Waals surface area contributed by atoms with Gasteiger partial charge >= 0.3 is 0 Å². The lowest BCUT2D eigenvalue weighted by atomic mass is 10.2. The minimum atomic E-state index is -0.167. The van der Waals surface area contributed by atoms with Crippen molar-refractivity contribution in [1.29, 1.82) is 0 Å². The molecule has 132 valence electrons. The van der Waals surface area contributed by atoms with Gasteiger partial charge < -0.3 is 15.0 Å². The first-order valence-electron chi connectivity index (χ1n) is 8.06. The number of hydrogen-bond donors (Lipinski definition) is 1. The van der Waals surface area contributed by atoms with E-state index in [1.54, 1.807) is 29.2 Å². The highest BCUT2D eigenvalue weighted by Crippen LogP contribution is 2.20. The van der Waals surface area contributed by atoms with E-state index in [4.69, 9.17) is 16.3 Å². The van der Waals surface area contributed by atoms with Crippen molar-refractivity contribution in [2.24, 2.45) is 0 Å². The number of carbonyl (C=O) groups is 2. The van der Waals surface area contributed by atoms with Crippen molar-refractivity contribution in [3.63, 3.8) is 0 Å². The molecule has 0 aliphatic heterocycles. The lowest BCUT2D eigenvalue weighted by Crippen LogP contribution is -2.31. The highest BCUT2D eigenvalue weighted by molar-refractivity contribution is 6.30. The summed E-state index contributed by atoms with van der Waals surface area (Å²) in [5.41, 5.74) is 1.40. The van der Waals surface area contributed by atoms with Gasteiger partial charge in [0.25, 0.3) is 0 Å². The summed E-state index contributed by atoms with van der Waals surface area (Å²) in [5.74, 6) is 0.457. The third-order valence-electron chi connectivity index (χ3n) is 3.53. The molecule has 0 atom stereocenters. The summed E-state index contributed by atoms with van der Waals surface area (Å²) in [7, 11) is 0. The summed E-state index contributed by atoms with van der Waals surface area (Å²) in [6.45, 7) is 4.27. The summed E-state index contributed by atoms with van der Waals surface area (Å²) in [4.78, 5) is 25.6. The third kappa shape index (κ3) is 5.80. The third-order valence-corrected chi connectivity index (χ3v) is 3.78. The van der Waals surface area contributed by atoms with Gasteiger partial charge in [-0.15, -0.1) is 0 Å². The standard InChI is InChI=1S/C19H21ClN2O3/c1-3-25-18-10-8-17(9-11-18)22(14(2)23)13-12-19(24)21-16-6-4-15(20)5-7-16/h4-11H,3,12-13H2,1-2H3,(H,21,24). The molecule has 2 amide bonds. The second-order valence-corrected chi connectivity index (χ2v) is 5.84. The number of amides is 2. The van der Waals surface area contributed by atoms with Crippen LogP contribution in [0.25, 0.3) is 0 Å². The summed E-state index contributed by atoms with van der Waals surface area (Å²) in [6.07, 6.45) is 0.190. The van der Waals surface area contributed by atoms with Gasteiger partial charge in [0.05, 0.1) is 6.61 Å². The fourth-order valence-corrected chi connectivity index (χ4v) is 2.45. The summed E-state index contributed by atoms with van der Waals surface area (Å²) >= 11 is 5.82. The fourth-order valence-electron chi connectivity index (χ4n) is 2.33. The average molecular weight is 361 g/mol. The molecular weight excluding hydrogens is 340 g/mol. The van der Waals surface area contributed by atoms with Crippen LogP contribution < -0.4 is 15.0 Å². The molecule has 0 saturated heterocycles. The predicted octanol–water partition coefficient (Wildman–Crippen LogP) is 4.12. The van der Waals surface area contributed by atoms with Gasteiger partial charge in [-0.2, -0.15) is 0 Å². The van der Waals surface area contributed by atoms with Crippen LogP contribution in [0, 0.1) is 0 Å². The zero-order valence-corrected chi connectivity index (χ0v) is 15.0. The molecule has 0 fully saturated rings. The molecule has 2 aromatic carbocycles. The number of carbonyl (C=O) groups excluding carboxylic acids is 2. The molecule has 1 N–H and O–H groups in total. The number of halogens is 1. The van der Waals surface area contributed by atoms with Crippen LogP contribution in [0.3, 0.4) is 0 Å². The van der Waals surface area contributed by atoms with Gasteiger partial charge in [-0.05, 0) is 55.5 Å². The van der Waals surface area contributed by atoms with E-state index in [-0.39, 0.29) is 18.2 Å². The van der Waals surface area contributed by atoms with Crippen molar-refractivity contribution < 1.29 is 14.3 Å². The van der Waals surface area contributed by atoms with Crippen LogP contribution in [0.2, 0.25) is 5.02 Å². The highest BCUT2D eigenvalue weighted by Gasteiger charge is 2.13. The fraction of sp³-hybridized carbons (Fsp3) is 0.263. The van der Waals surface area contributed by atoms with Crippen molar-refractivity contribution in [1.82, 2.24) is 0 Å². The molecule has 0 heterocycles. The zero-order chi connectivity index (χ0) is 18.2. The molecule has 5 nitrogen and oxygen atoms in total. The number of rotatable bonds is 7. The Morgan fingerprint density at radius 3 is 2.28 bits per heavy atom. The first-order valence-corrected chi connectivity index (χ1v) is 8.43. The maximum absolute atomic E-state index is 12.1. The second kappa shape index (κ2) is 9.08. The largest absolute Gasteiger partial charge is 0.494 e. The molecule has 0 aliphatic carbocycles. The van der Waals surface area contributed by atoms with Gasteiger partial charge in [0.1, 0.15) is 5.75 Å². The van der Waals surface area contributed by atoms with Crippen LogP contribution in [0.1, 0.15) is 20.3 Å². The van der Waals surface area contributed by atoms with E-state index in [0.29, 0.717) is 23.9 Å². The van der Waals surface area contributed by atoms with E-state index in [2.05, 4.69) is 5.32 Å². The molecule has 0 spiro atoms. The molecule has 6 heteroatoms. The Morgan fingerprint density at radius 1 is 1.08 bits per heavy atom. The van der Waals surface area contributed by atoms with Gasteiger partial charge in [0, 0.05) is 36.3 Å². The van der Waals surface area contributed by atoms with Gasteiger partial charge in [-0.1, -0.05) is 11.6 Å². The number of ether oxygens (including phenoxy) is 1. The van der Waals surface area contributed by atoms with Crippen molar-refractivity contribution in [2.75, 3.05) is 23.4 Å². The second-order valence-electron chi connectivity index (χ2n) is 5.40. The maximum Gasteiger partial charge on any atom is 0.226 e. The Hall–Kier alpha value is -2.53. The van der Waals surface area contributed by atoms with Crippen molar-refractivity contribution in [2.45, 2.75) is 20.3 Å². The molecule has 25 heavy (non-hydrogen) atoms. The van der Waals surface area contributed by atoms with Gasteiger partial charge in [-0.3, -0.25) is 9.59 Å². The zero-order valence-electron chi connectivity index (χ0n) is 14.3.